The summed E-state index contributed by atoms with van der Waals surface area (Å²) in [6, 6.07) is 5.88. The minimum absolute atomic E-state index is 0.0531. The van der Waals surface area contributed by atoms with Crippen molar-refractivity contribution in [2.45, 2.75) is 38.3 Å². The van der Waals surface area contributed by atoms with Crippen LogP contribution in [0.2, 0.25) is 0 Å². The number of aromatic nitrogens is 4. The van der Waals surface area contributed by atoms with Gasteiger partial charge in [0.05, 0.1) is 10.7 Å². The largest absolute Gasteiger partial charge is 0.433 e. The van der Waals surface area contributed by atoms with Gasteiger partial charge in [-0.05, 0) is 37.8 Å². The maximum absolute atomic E-state index is 13.2. The van der Waals surface area contributed by atoms with Crippen molar-refractivity contribution in [1.29, 1.82) is 0 Å². The average Bonchev–Trinajstić information content (AvgIpc) is 3.10. The number of pyridine rings is 1. The summed E-state index contributed by atoms with van der Waals surface area (Å²) in [7, 11) is 0. The minimum Gasteiger partial charge on any atom is -0.370 e. The number of nitrogens with zero attached hydrogens (tertiary/aromatic N) is 4. The van der Waals surface area contributed by atoms with E-state index in [2.05, 4.69) is 25.3 Å². The summed E-state index contributed by atoms with van der Waals surface area (Å²) in [6.45, 7) is 0.447. The number of thiazole rings is 1. The van der Waals surface area contributed by atoms with Gasteiger partial charge in [-0.1, -0.05) is 6.07 Å². The first-order valence-electron chi connectivity index (χ1n) is 9.08. The van der Waals surface area contributed by atoms with Crippen LogP contribution in [0.1, 0.15) is 34.1 Å². The molecule has 0 fully saturated rings. The van der Waals surface area contributed by atoms with Crippen LogP contribution in [-0.2, 0) is 25.4 Å². The molecule has 3 aromatic rings. The average molecular weight is 405 g/mol. The molecule has 0 bridgehead atoms. The number of fused-ring (bicyclic) bond motifs is 1. The molecule has 1 N–H and O–H groups in total. The maximum atomic E-state index is 13.2. The zero-order valence-electron chi connectivity index (χ0n) is 15.0. The van der Waals surface area contributed by atoms with Crippen LogP contribution < -0.4 is 5.32 Å². The molecule has 0 aliphatic heterocycles. The van der Waals surface area contributed by atoms with Crippen molar-refractivity contribution >= 4 is 17.2 Å². The molecule has 9 heteroatoms. The first kappa shape index (κ1) is 18.8. The fourth-order valence-electron chi connectivity index (χ4n) is 3.10. The van der Waals surface area contributed by atoms with Crippen molar-refractivity contribution in [3.63, 3.8) is 0 Å². The molecule has 0 amide bonds. The van der Waals surface area contributed by atoms with Crippen molar-refractivity contribution < 1.29 is 13.2 Å². The SMILES string of the molecule is FC(F)(F)c1cc(NCCc2nc3c(s2)CCCC3)nc(-c2ccccn2)n1. The fourth-order valence-corrected chi connectivity index (χ4v) is 4.26. The Kier molecular flexibility index (Phi) is 5.25. The van der Waals surface area contributed by atoms with Gasteiger partial charge in [0.1, 0.15) is 11.5 Å². The lowest BCUT2D eigenvalue weighted by Gasteiger charge is -2.11. The van der Waals surface area contributed by atoms with Gasteiger partial charge in [0.2, 0.25) is 0 Å². The summed E-state index contributed by atoms with van der Waals surface area (Å²) in [5.41, 5.74) is 0.490. The van der Waals surface area contributed by atoms with Crippen LogP contribution in [0.4, 0.5) is 19.0 Å². The summed E-state index contributed by atoms with van der Waals surface area (Å²) < 4.78 is 39.7. The standard InChI is InChI=1S/C19H18F3N5S/c20-19(21,22)15-11-16(27-18(26-15)13-6-3-4-9-23-13)24-10-8-17-25-12-5-1-2-7-14(12)28-17/h3-4,6,9,11H,1-2,5,7-8,10H2,(H,24,26,27). The Bertz CT molecular complexity index is 932. The van der Waals surface area contributed by atoms with E-state index >= 15 is 0 Å². The van der Waals surface area contributed by atoms with E-state index in [-0.39, 0.29) is 11.6 Å². The number of anilines is 1. The van der Waals surface area contributed by atoms with Crippen molar-refractivity contribution in [3.8, 4) is 11.5 Å². The Morgan fingerprint density at radius 1 is 1.07 bits per heavy atom. The Morgan fingerprint density at radius 2 is 1.93 bits per heavy atom. The second-order valence-corrected chi connectivity index (χ2v) is 7.70. The Labute approximate surface area is 164 Å². The lowest BCUT2D eigenvalue weighted by molar-refractivity contribution is -0.141. The van der Waals surface area contributed by atoms with E-state index in [9.17, 15) is 13.2 Å². The molecule has 0 atom stereocenters. The molecule has 0 radical (unpaired) electrons. The quantitative estimate of drug-likeness (QED) is 0.675. The predicted octanol–water partition coefficient (Wildman–Crippen LogP) is 4.55. The van der Waals surface area contributed by atoms with Crippen LogP contribution in [0.3, 0.4) is 0 Å². The Hall–Kier alpha value is -2.55. The summed E-state index contributed by atoms with van der Waals surface area (Å²) in [4.78, 5) is 17.9. The van der Waals surface area contributed by atoms with E-state index in [0.29, 0.717) is 18.7 Å². The van der Waals surface area contributed by atoms with Crippen molar-refractivity contribution in [3.05, 3.63) is 51.7 Å². The summed E-state index contributed by atoms with van der Waals surface area (Å²) in [6.07, 6.45) is 2.05. The van der Waals surface area contributed by atoms with Gasteiger partial charge in [-0.15, -0.1) is 11.3 Å². The molecular weight excluding hydrogens is 387 g/mol. The molecule has 3 heterocycles. The molecule has 0 saturated heterocycles. The molecule has 1 aliphatic rings. The van der Waals surface area contributed by atoms with Crippen LogP contribution >= 0.6 is 11.3 Å². The number of hydrogen-bond acceptors (Lipinski definition) is 6. The smallest absolute Gasteiger partial charge is 0.370 e. The molecule has 146 valence electrons. The summed E-state index contributed by atoms with van der Waals surface area (Å²) in [5, 5.41) is 3.99. The summed E-state index contributed by atoms with van der Waals surface area (Å²) >= 11 is 1.70. The first-order chi connectivity index (χ1) is 13.5. The van der Waals surface area contributed by atoms with E-state index in [4.69, 9.17) is 0 Å². The molecule has 3 aromatic heterocycles. The number of halogens is 3. The van der Waals surface area contributed by atoms with Gasteiger partial charge in [0.25, 0.3) is 0 Å². The van der Waals surface area contributed by atoms with Gasteiger partial charge in [0.15, 0.2) is 11.5 Å². The van der Waals surface area contributed by atoms with Gasteiger partial charge >= 0.3 is 6.18 Å². The molecule has 0 saturated carbocycles. The van der Waals surface area contributed by atoms with Gasteiger partial charge in [-0.25, -0.2) is 15.0 Å². The van der Waals surface area contributed by atoms with Crippen molar-refractivity contribution in [2.24, 2.45) is 0 Å². The van der Waals surface area contributed by atoms with Crippen molar-refractivity contribution in [2.75, 3.05) is 11.9 Å². The van der Waals surface area contributed by atoms with E-state index < -0.39 is 11.9 Å². The van der Waals surface area contributed by atoms with Gasteiger partial charge in [-0.3, -0.25) is 4.98 Å². The van der Waals surface area contributed by atoms with Gasteiger partial charge in [-0.2, -0.15) is 13.2 Å². The van der Waals surface area contributed by atoms with Crippen molar-refractivity contribution in [1.82, 2.24) is 19.9 Å². The zero-order chi connectivity index (χ0) is 19.6. The van der Waals surface area contributed by atoms with E-state index in [1.165, 1.54) is 29.6 Å². The van der Waals surface area contributed by atoms with E-state index in [1.807, 2.05) is 0 Å². The molecular formula is C19H18F3N5S. The third-order valence-electron chi connectivity index (χ3n) is 4.45. The fraction of sp³-hybridized carbons (Fsp3) is 0.368. The number of nitrogens with one attached hydrogen (secondary N) is 1. The highest BCUT2D eigenvalue weighted by atomic mass is 32.1. The molecule has 28 heavy (non-hydrogen) atoms. The molecule has 4 rings (SSSR count). The number of aryl methyl sites for hydroxylation is 2. The molecule has 0 spiro atoms. The van der Waals surface area contributed by atoms with Crippen LogP contribution in [-0.4, -0.2) is 26.5 Å². The van der Waals surface area contributed by atoms with Crippen LogP contribution in [0.25, 0.3) is 11.5 Å². The van der Waals surface area contributed by atoms with E-state index in [0.717, 1.165) is 23.9 Å². The van der Waals surface area contributed by atoms with Crippen LogP contribution in [0, 0.1) is 0 Å². The highest BCUT2D eigenvalue weighted by molar-refractivity contribution is 7.11. The minimum atomic E-state index is -4.56. The molecule has 0 unspecified atom stereocenters. The predicted molar refractivity (Wildman–Crippen MR) is 101 cm³/mol. The number of hydrogen-bond donors (Lipinski definition) is 1. The number of alkyl halides is 3. The lowest BCUT2D eigenvalue weighted by Crippen LogP contribution is -2.13. The Morgan fingerprint density at radius 3 is 2.68 bits per heavy atom. The highest BCUT2D eigenvalue weighted by Crippen LogP contribution is 2.31. The highest BCUT2D eigenvalue weighted by Gasteiger charge is 2.34. The zero-order valence-corrected chi connectivity index (χ0v) is 15.8. The molecule has 1 aliphatic carbocycles. The normalized spacial score (nSPS) is 14.0. The second kappa shape index (κ2) is 7.83. The van der Waals surface area contributed by atoms with Gasteiger partial charge < -0.3 is 5.32 Å². The third kappa shape index (κ3) is 4.30. The Balaban J connectivity index is 1.51. The molecule has 5 nitrogen and oxygen atoms in total. The first-order valence-corrected chi connectivity index (χ1v) is 9.90. The van der Waals surface area contributed by atoms with E-state index in [1.54, 1.807) is 29.5 Å². The lowest BCUT2D eigenvalue weighted by atomic mass is 10.0. The topological polar surface area (TPSA) is 63.6 Å². The summed E-state index contributed by atoms with van der Waals surface area (Å²) in [5.74, 6) is 0.0759. The third-order valence-corrected chi connectivity index (χ3v) is 5.66. The molecule has 0 aromatic carbocycles. The van der Waals surface area contributed by atoms with Crippen LogP contribution in [0.15, 0.2) is 30.5 Å². The maximum Gasteiger partial charge on any atom is 0.433 e. The number of rotatable bonds is 5. The monoisotopic (exact) mass is 405 g/mol. The van der Waals surface area contributed by atoms with Crippen LogP contribution in [0.5, 0.6) is 0 Å². The second-order valence-electron chi connectivity index (χ2n) is 6.54. The van der Waals surface area contributed by atoms with Gasteiger partial charge in [0, 0.05) is 30.1 Å².